The van der Waals surface area contributed by atoms with E-state index >= 15 is 0 Å². The number of carboxylic acids is 1. The molecule has 1 saturated heterocycles. The van der Waals surface area contributed by atoms with Crippen LogP contribution in [0.4, 0.5) is 4.39 Å². The van der Waals surface area contributed by atoms with E-state index in [-0.39, 0.29) is 18.3 Å². The lowest BCUT2D eigenvalue weighted by molar-refractivity contribution is -0.136. The Hall–Kier alpha value is -2.57. The third-order valence-electron chi connectivity index (χ3n) is 4.97. The monoisotopic (exact) mass is 411 g/mol. The van der Waals surface area contributed by atoms with Gasteiger partial charge in [0.25, 0.3) is 0 Å². The summed E-state index contributed by atoms with van der Waals surface area (Å²) in [7, 11) is 0. The number of nitrogens with zero attached hydrogens (tertiary/aromatic N) is 1. The van der Waals surface area contributed by atoms with Crippen LogP contribution in [-0.4, -0.2) is 34.6 Å². The van der Waals surface area contributed by atoms with Gasteiger partial charge < -0.3 is 9.84 Å². The van der Waals surface area contributed by atoms with Crippen LogP contribution in [0.3, 0.4) is 0 Å². The minimum atomic E-state index is -0.899. The molecule has 0 saturated carbocycles. The van der Waals surface area contributed by atoms with Crippen LogP contribution in [0.2, 0.25) is 0 Å². The number of aliphatic carboxylic acids is 1. The lowest BCUT2D eigenvalue weighted by Gasteiger charge is -2.31. The molecular formula is C23H22FNO3S. The molecule has 6 heteroatoms. The Labute approximate surface area is 173 Å². The van der Waals surface area contributed by atoms with Gasteiger partial charge in [-0.3, -0.25) is 4.79 Å². The number of halogens is 1. The summed E-state index contributed by atoms with van der Waals surface area (Å²) >= 11 is 1.75. The topological polar surface area (TPSA) is 49.8 Å². The first kappa shape index (κ1) is 19.7. The van der Waals surface area contributed by atoms with Crippen LogP contribution in [-0.2, 0) is 11.2 Å². The smallest absolute Gasteiger partial charge is 0.307 e. The first-order chi connectivity index (χ1) is 14.1. The molecule has 0 radical (unpaired) electrons. The van der Waals surface area contributed by atoms with E-state index in [9.17, 15) is 9.18 Å². The zero-order chi connectivity index (χ0) is 20.2. The molecule has 4 rings (SSSR count). The van der Waals surface area contributed by atoms with Crippen molar-refractivity contribution in [2.75, 3.05) is 13.1 Å². The number of piperidine rings is 1. The number of carbonyl (C=O) groups is 1. The number of fused-ring (bicyclic) bond motifs is 1. The summed E-state index contributed by atoms with van der Waals surface area (Å²) in [6.45, 7) is 1.79. The maximum absolute atomic E-state index is 13.8. The van der Waals surface area contributed by atoms with Gasteiger partial charge in [-0.15, -0.1) is 0 Å². The number of hydrogen-bond acceptors (Lipinski definition) is 4. The van der Waals surface area contributed by atoms with E-state index in [0.717, 1.165) is 31.3 Å². The molecule has 150 valence electrons. The third kappa shape index (κ3) is 5.08. The van der Waals surface area contributed by atoms with E-state index in [0.29, 0.717) is 16.7 Å². The number of benzene rings is 3. The van der Waals surface area contributed by atoms with Crippen molar-refractivity contribution in [2.24, 2.45) is 0 Å². The van der Waals surface area contributed by atoms with Gasteiger partial charge in [0.15, 0.2) is 0 Å². The number of rotatable bonds is 6. The first-order valence-corrected chi connectivity index (χ1v) is 10.4. The Morgan fingerprint density at radius 1 is 1.10 bits per heavy atom. The predicted octanol–water partition coefficient (Wildman–Crippen LogP) is 5.16. The van der Waals surface area contributed by atoms with Crippen molar-refractivity contribution in [3.05, 3.63) is 72.0 Å². The van der Waals surface area contributed by atoms with Crippen LogP contribution in [0.15, 0.2) is 65.6 Å². The molecule has 0 aromatic heterocycles. The highest BCUT2D eigenvalue weighted by molar-refractivity contribution is 7.97. The first-order valence-electron chi connectivity index (χ1n) is 9.65. The van der Waals surface area contributed by atoms with Crippen molar-refractivity contribution in [1.29, 1.82) is 0 Å². The van der Waals surface area contributed by atoms with Crippen LogP contribution in [0, 0.1) is 5.82 Å². The van der Waals surface area contributed by atoms with E-state index < -0.39 is 5.97 Å². The summed E-state index contributed by atoms with van der Waals surface area (Å²) in [5.41, 5.74) is 0.656. The van der Waals surface area contributed by atoms with Crippen molar-refractivity contribution in [3.8, 4) is 5.75 Å². The minimum Gasteiger partial charge on any atom is -0.490 e. The van der Waals surface area contributed by atoms with E-state index in [1.54, 1.807) is 30.1 Å². The fourth-order valence-corrected chi connectivity index (χ4v) is 4.55. The van der Waals surface area contributed by atoms with Crippen LogP contribution >= 0.6 is 11.9 Å². The molecular weight excluding hydrogens is 389 g/mol. The van der Waals surface area contributed by atoms with E-state index in [1.807, 2.05) is 18.2 Å². The molecule has 0 aliphatic carbocycles. The Balaban J connectivity index is 1.47. The van der Waals surface area contributed by atoms with Gasteiger partial charge in [-0.2, -0.15) is 0 Å². The fourth-order valence-electron chi connectivity index (χ4n) is 3.58. The highest BCUT2D eigenvalue weighted by Crippen LogP contribution is 2.32. The molecule has 1 fully saturated rings. The van der Waals surface area contributed by atoms with Gasteiger partial charge in [-0.05, 0) is 66.1 Å². The highest BCUT2D eigenvalue weighted by atomic mass is 32.2. The maximum Gasteiger partial charge on any atom is 0.307 e. The lowest BCUT2D eigenvalue weighted by Crippen LogP contribution is -2.34. The summed E-state index contributed by atoms with van der Waals surface area (Å²) in [6, 6.07) is 18.3. The Morgan fingerprint density at radius 3 is 2.59 bits per heavy atom. The van der Waals surface area contributed by atoms with Gasteiger partial charge in [0.1, 0.15) is 17.7 Å². The summed E-state index contributed by atoms with van der Waals surface area (Å²) in [5.74, 6) is -0.668. The Morgan fingerprint density at radius 2 is 1.86 bits per heavy atom. The second-order valence-electron chi connectivity index (χ2n) is 7.18. The number of carboxylic acid groups (broad SMARTS) is 1. The Kier molecular flexibility index (Phi) is 6.02. The van der Waals surface area contributed by atoms with Crippen molar-refractivity contribution in [2.45, 2.75) is 30.3 Å². The molecule has 1 aliphatic rings. The normalized spacial score (nSPS) is 15.5. The van der Waals surface area contributed by atoms with Crippen LogP contribution in [0.5, 0.6) is 5.75 Å². The molecule has 3 aromatic carbocycles. The van der Waals surface area contributed by atoms with Gasteiger partial charge in [0, 0.05) is 23.4 Å². The molecule has 1 aliphatic heterocycles. The van der Waals surface area contributed by atoms with Crippen molar-refractivity contribution < 1.29 is 19.0 Å². The molecule has 0 bridgehead atoms. The van der Waals surface area contributed by atoms with Crippen LogP contribution in [0.25, 0.3) is 10.8 Å². The lowest BCUT2D eigenvalue weighted by atomic mass is 10.0. The van der Waals surface area contributed by atoms with E-state index in [4.69, 9.17) is 9.84 Å². The summed E-state index contributed by atoms with van der Waals surface area (Å²) in [4.78, 5) is 12.4. The highest BCUT2D eigenvalue weighted by Gasteiger charge is 2.22. The van der Waals surface area contributed by atoms with Gasteiger partial charge in [-0.1, -0.05) is 30.3 Å². The van der Waals surface area contributed by atoms with Crippen molar-refractivity contribution in [3.63, 3.8) is 0 Å². The molecule has 0 atom stereocenters. The number of ether oxygens (including phenoxy) is 1. The third-order valence-corrected chi connectivity index (χ3v) is 6.07. The van der Waals surface area contributed by atoms with Gasteiger partial charge >= 0.3 is 5.97 Å². The summed E-state index contributed by atoms with van der Waals surface area (Å²) < 4.78 is 22.4. The summed E-state index contributed by atoms with van der Waals surface area (Å²) in [6.07, 6.45) is 1.66. The molecule has 1 heterocycles. The molecule has 4 nitrogen and oxygen atoms in total. The quantitative estimate of drug-likeness (QED) is 0.568. The fraction of sp³-hybridized carbons (Fsp3) is 0.261. The molecule has 0 spiro atoms. The molecule has 0 unspecified atom stereocenters. The SMILES string of the molecule is O=C(O)Cc1cc(OC2CCN(Sc3ccccc3)CC2)c2cc(F)ccc2c1. The molecule has 3 aromatic rings. The second-order valence-corrected chi connectivity index (χ2v) is 8.35. The zero-order valence-electron chi connectivity index (χ0n) is 15.9. The maximum atomic E-state index is 13.8. The van der Waals surface area contributed by atoms with Crippen LogP contribution in [0.1, 0.15) is 18.4 Å². The zero-order valence-corrected chi connectivity index (χ0v) is 16.7. The Bertz CT molecular complexity index is 1000. The standard InChI is InChI=1S/C23H22FNO3S/c24-18-7-6-17-12-16(14-23(26)27)13-22(21(17)15-18)28-19-8-10-25(11-9-19)29-20-4-2-1-3-5-20/h1-7,12-13,15,19H,8-11,14H2,(H,26,27). The average Bonchev–Trinajstić information content (AvgIpc) is 2.70. The van der Waals surface area contributed by atoms with Gasteiger partial charge in [0.2, 0.25) is 0 Å². The van der Waals surface area contributed by atoms with Gasteiger partial charge in [-0.25, -0.2) is 8.70 Å². The van der Waals surface area contributed by atoms with Crippen LogP contribution < -0.4 is 4.74 Å². The van der Waals surface area contributed by atoms with Gasteiger partial charge in [0.05, 0.1) is 6.42 Å². The van der Waals surface area contributed by atoms with E-state index in [2.05, 4.69) is 16.4 Å². The molecule has 0 amide bonds. The number of hydrogen-bond donors (Lipinski definition) is 1. The predicted molar refractivity (Wildman–Crippen MR) is 113 cm³/mol. The molecule has 1 N–H and O–H groups in total. The second kappa shape index (κ2) is 8.84. The largest absolute Gasteiger partial charge is 0.490 e. The average molecular weight is 411 g/mol. The molecule has 29 heavy (non-hydrogen) atoms. The van der Waals surface area contributed by atoms with Crippen molar-refractivity contribution in [1.82, 2.24) is 4.31 Å². The minimum absolute atomic E-state index is 0.0224. The summed E-state index contributed by atoms with van der Waals surface area (Å²) in [5, 5.41) is 10.6. The van der Waals surface area contributed by atoms with E-state index in [1.165, 1.54) is 17.0 Å². The van der Waals surface area contributed by atoms with Crippen molar-refractivity contribution >= 4 is 28.7 Å².